The van der Waals surface area contributed by atoms with Gasteiger partial charge in [-0.05, 0) is 75.2 Å². The summed E-state index contributed by atoms with van der Waals surface area (Å²) in [5.74, 6) is 0.874. The van der Waals surface area contributed by atoms with Crippen LogP contribution in [0.3, 0.4) is 0 Å². The van der Waals surface area contributed by atoms with Gasteiger partial charge in [0, 0.05) is 62.0 Å². The summed E-state index contributed by atoms with van der Waals surface area (Å²) < 4.78 is 11.0. The highest BCUT2D eigenvalue weighted by Crippen LogP contribution is 2.37. The van der Waals surface area contributed by atoms with E-state index in [2.05, 4.69) is 9.80 Å². The van der Waals surface area contributed by atoms with Crippen molar-refractivity contribution in [2.24, 2.45) is 5.92 Å². The van der Waals surface area contributed by atoms with Crippen LogP contribution in [-0.2, 0) is 11.3 Å². The molecule has 37 heavy (non-hydrogen) atoms. The predicted molar refractivity (Wildman–Crippen MR) is 148 cm³/mol. The van der Waals surface area contributed by atoms with Crippen LogP contribution in [0.25, 0.3) is 22.1 Å². The van der Waals surface area contributed by atoms with Gasteiger partial charge in [-0.2, -0.15) is 0 Å². The first-order chi connectivity index (χ1) is 18.0. The first-order valence-electron chi connectivity index (χ1n) is 13.8. The Kier molecular flexibility index (Phi) is 8.28. The topological polar surface area (TPSA) is 66.1 Å². The predicted octanol–water partition coefficient (Wildman–Crippen LogP) is 5.58. The molecule has 2 atom stereocenters. The van der Waals surface area contributed by atoms with Crippen molar-refractivity contribution >= 4 is 11.0 Å². The van der Waals surface area contributed by atoms with Crippen LogP contribution in [-0.4, -0.2) is 60.8 Å². The minimum Gasteiger partial charge on any atom is -0.507 e. The second-order valence-corrected chi connectivity index (χ2v) is 10.8. The molecule has 5 rings (SSSR count). The Labute approximate surface area is 219 Å². The van der Waals surface area contributed by atoms with Crippen LogP contribution in [0.2, 0.25) is 0 Å². The number of fused-ring (bicyclic) bond motifs is 2. The van der Waals surface area contributed by atoms with Crippen molar-refractivity contribution in [2.75, 3.05) is 39.9 Å². The number of hydrogen-bond acceptors (Lipinski definition) is 6. The summed E-state index contributed by atoms with van der Waals surface area (Å²) in [5, 5.41) is 12.1. The molecule has 0 amide bonds. The number of piperidine rings is 2. The lowest BCUT2D eigenvalue weighted by Crippen LogP contribution is -2.51. The molecule has 2 unspecified atom stereocenters. The van der Waals surface area contributed by atoms with Gasteiger partial charge in [0.2, 0.25) is 0 Å². The van der Waals surface area contributed by atoms with Crippen LogP contribution in [0.4, 0.5) is 0 Å². The zero-order chi connectivity index (χ0) is 25.8. The molecule has 6 heteroatoms. The van der Waals surface area contributed by atoms with E-state index in [1.165, 1.54) is 45.2 Å². The molecule has 0 saturated carbocycles. The molecule has 2 aliphatic rings. The van der Waals surface area contributed by atoms with Crippen molar-refractivity contribution in [3.8, 4) is 16.9 Å². The van der Waals surface area contributed by atoms with Gasteiger partial charge in [0.1, 0.15) is 11.3 Å². The second-order valence-electron chi connectivity index (χ2n) is 10.8. The van der Waals surface area contributed by atoms with E-state index < -0.39 is 5.63 Å². The third-order valence-corrected chi connectivity index (χ3v) is 8.34. The number of ether oxygens (including phenoxy) is 1. The number of nitrogens with zero attached hydrogens (tertiary/aromatic N) is 2. The van der Waals surface area contributed by atoms with Crippen LogP contribution in [0.1, 0.15) is 49.7 Å². The smallest absolute Gasteiger partial charge is 0.336 e. The molecule has 0 spiro atoms. The van der Waals surface area contributed by atoms with Crippen LogP contribution in [0.5, 0.6) is 5.75 Å². The van der Waals surface area contributed by atoms with Gasteiger partial charge in [-0.15, -0.1) is 0 Å². The highest BCUT2D eigenvalue weighted by Gasteiger charge is 2.34. The normalized spacial score (nSPS) is 20.4. The van der Waals surface area contributed by atoms with E-state index in [9.17, 15) is 9.90 Å². The van der Waals surface area contributed by atoms with E-state index in [1.807, 2.05) is 43.3 Å². The number of hydrogen-bond donors (Lipinski definition) is 1. The Morgan fingerprint density at radius 1 is 1.11 bits per heavy atom. The Morgan fingerprint density at radius 3 is 2.73 bits per heavy atom. The van der Waals surface area contributed by atoms with Crippen molar-refractivity contribution in [2.45, 2.75) is 58.0 Å². The maximum atomic E-state index is 12.4. The molecule has 2 saturated heterocycles. The van der Waals surface area contributed by atoms with Crippen molar-refractivity contribution in [1.82, 2.24) is 9.80 Å². The fraction of sp³-hybridized carbons (Fsp3) is 0.516. The highest BCUT2D eigenvalue weighted by atomic mass is 16.5. The van der Waals surface area contributed by atoms with Gasteiger partial charge in [-0.3, -0.25) is 4.90 Å². The maximum Gasteiger partial charge on any atom is 0.336 e. The summed E-state index contributed by atoms with van der Waals surface area (Å²) in [7, 11) is 1.75. The van der Waals surface area contributed by atoms with Crippen LogP contribution in [0.15, 0.2) is 51.7 Å². The van der Waals surface area contributed by atoms with E-state index >= 15 is 0 Å². The number of phenols is 1. The highest BCUT2D eigenvalue weighted by molar-refractivity contribution is 5.96. The lowest BCUT2D eigenvalue weighted by Gasteiger charge is -2.45. The minimum absolute atomic E-state index is 0.223. The molecule has 3 aromatic rings. The quantitative estimate of drug-likeness (QED) is 0.303. The molecular formula is C31H40N2O4. The zero-order valence-electron chi connectivity index (χ0n) is 22.2. The standard InChI is InChI=1S/C31H40N2O4/c1-22-30(35)25(18-27-26(19-29(34)37-31(22)27)23-10-4-3-5-11-23)21-32(14-9-17-36-2)20-24-12-8-16-33-15-7-6-13-28(24)33/h3-5,10-11,18-19,24,28,35H,6-9,12-17,20-21H2,1-2H3. The van der Waals surface area contributed by atoms with E-state index in [0.29, 0.717) is 29.7 Å². The third-order valence-electron chi connectivity index (χ3n) is 8.34. The van der Waals surface area contributed by atoms with Gasteiger partial charge in [-0.1, -0.05) is 36.8 Å². The van der Waals surface area contributed by atoms with E-state index in [1.54, 1.807) is 13.2 Å². The van der Waals surface area contributed by atoms with E-state index in [-0.39, 0.29) is 5.75 Å². The van der Waals surface area contributed by atoms with Gasteiger partial charge in [0.25, 0.3) is 0 Å². The average Bonchev–Trinajstić information content (AvgIpc) is 2.92. The SMILES string of the molecule is COCCCN(Cc1cc2c(-c3ccccc3)cc(=O)oc2c(C)c1O)CC1CCCN2CCCCC12. The molecule has 198 valence electrons. The van der Waals surface area contributed by atoms with Crippen molar-refractivity contribution < 1.29 is 14.3 Å². The number of rotatable bonds is 9. The van der Waals surface area contributed by atoms with Gasteiger partial charge in [0.15, 0.2) is 0 Å². The second kappa shape index (κ2) is 11.8. The number of benzene rings is 2. The van der Waals surface area contributed by atoms with Gasteiger partial charge in [0.05, 0.1) is 0 Å². The van der Waals surface area contributed by atoms with Gasteiger partial charge >= 0.3 is 5.63 Å². The molecule has 3 heterocycles. The zero-order valence-corrected chi connectivity index (χ0v) is 22.2. The monoisotopic (exact) mass is 504 g/mol. The third kappa shape index (κ3) is 5.77. The number of aromatic hydroxyl groups is 1. The first-order valence-corrected chi connectivity index (χ1v) is 13.8. The van der Waals surface area contributed by atoms with Crippen LogP contribution in [0, 0.1) is 12.8 Å². The first kappa shape index (κ1) is 26.0. The van der Waals surface area contributed by atoms with Crippen LogP contribution < -0.4 is 5.63 Å². The Bertz CT molecular complexity index is 1250. The summed E-state index contributed by atoms with van der Waals surface area (Å²) in [6.45, 7) is 7.65. The Hall–Kier alpha value is -2.67. The maximum absolute atomic E-state index is 12.4. The van der Waals surface area contributed by atoms with E-state index in [0.717, 1.165) is 48.2 Å². The molecule has 1 N–H and O–H groups in total. The molecule has 0 aliphatic carbocycles. The number of phenolic OH excluding ortho intramolecular Hbond substituents is 1. The average molecular weight is 505 g/mol. The van der Waals surface area contributed by atoms with Crippen molar-refractivity contribution in [3.63, 3.8) is 0 Å². The minimum atomic E-state index is -0.405. The fourth-order valence-corrected chi connectivity index (χ4v) is 6.52. The van der Waals surface area contributed by atoms with E-state index in [4.69, 9.17) is 9.15 Å². The lowest BCUT2D eigenvalue weighted by atomic mass is 9.83. The summed E-state index contributed by atoms with van der Waals surface area (Å²) in [6, 6.07) is 14.2. The molecule has 2 aliphatic heterocycles. The van der Waals surface area contributed by atoms with Gasteiger partial charge in [-0.25, -0.2) is 4.79 Å². The summed E-state index contributed by atoms with van der Waals surface area (Å²) in [5.41, 5.74) is 3.36. The summed E-state index contributed by atoms with van der Waals surface area (Å²) in [6.07, 6.45) is 7.46. The van der Waals surface area contributed by atoms with Crippen molar-refractivity contribution in [1.29, 1.82) is 0 Å². The molecule has 2 fully saturated rings. The van der Waals surface area contributed by atoms with Gasteiger partial charge < -0.3 is 19.2 Å². The molecule has 6 nitrogen and oxygen atoms in total. The largest absolute Gasteiger partial charge is 0.507 e. The molecule has 2 aromatic carbocycles. The summed E-state index contributed by atoms with van der Waals surface area (Å²) >= 11 is 0. The number of aryl methyl sites for hydroxylation is 1. The lowest BCUT2D eigenvalue weighted by molar-refractivity contribution is 0.0372. The molecule has 1 aromatic heterocycles. The fourth-order valence-electron chi connectivity index (χ4n) is 6.52. The van der Waals surface area contributed by atoms with Crippen molar-refractivity contribution in [3.05, 3.63) is 64.0 Å². The molecular weight excluding hydrogens is 464 g/mol. The Morgan fingerprint density at radius 2 is 1.92 bits per heavy atom. The molecule has 0 radical (unpaired) electrons. The van der Waals surface area contributed by atoms with Crippen LogP contribution >= 0.6 is 0 Å². The number of methoxy groups -OCH3 is 1. The molecule has 0 bridgehead atoms. The summed E-state index contributed by atoms with van der Waals surface area (Å²) in [4.78, 5) is 17.6. The Balaban J connectivity index is 1.48.